The minimum Gasteiger partial charge on any atom is -0.457 e. The van der Waals surface area contributed by atoms with E-state index >= 15 is 0 Å². The zero-order chi connectivity index (χ0) is 13.8. The molecule has 0 radical (unpaired) electrons. The van der Waals surface area contributed by atoms with Gasteiger partial charge in [-0.25, -0.2) is 9.78 Å². The number of nitrogens with two attached hydrogens (primary N) is 1. The third kappa shape index (κ3) is 3.59. The second-order valence-electron chi connectivity index (χ2n) is 3.80. The standard InChI is InChI=1S/C13H10Cl2N2O2/c14-11-6-9(16)1-2-10(11)13(18)19-7-8-3-4-17-12(15)5-8/h1-6H,7,16H2. The van der Waals surface area contributed by atoms with Gasteiger partial charge in [0.15, 0.2) is 0 Å². The Morgan fingerprint density at radius 3 is 2.74 bits per heavy atom. The summed E-state index contributed by atoms with van der Waals surface area (Å²) in [5, 5.41) is 0.608. The number of aromatic nitrogens is 1. The molecule has 1 aromatic heterocycles. The van der Waals surface area contributed by atoms with Crippen molar-refractivity contribution >= 4 is 34.9 Å². The van der Waals surface area contributed by atoms with Crippen LogP contribution in [0.15, 0.2) is 36.5 Å². The average molecular weight is 297 g/mol. The summed E-state index contributed by atoms with van der Waals surface area (Å²) in [5.74, 6) is -0.516. The summed E-state index contributed by atoms with van der Waals surface area (Å²) in [6.07, 6.45) is 1.54. The van der Waals surface area contributed by atoms with Crippen molar-refractivity contribution in [1.29, 1.82) is 0 Å². The summed E-state index contributed by atoms with van der Waals surface area (Å²) in [6, 6.07) is 7.95. The molecule has 0 spiro atoms. The van der Waals surface area contributed by atoms with E-state index in [0.29, 0.717) is 10.8 Å². The zero-order valence-corrected chi connectivity index (χ0v) is 11.3. The fourth-order valence-electron chi connectivity index (χ4n) is 1.46. The number of hydrogen-bond donors (Lipinski definition) is 1. The van der Waals surface area contributed by atoms with Gasteiger partial charge >= 0.3 is 5.97 Å². The second-order valence-corrected chi connectivity index (χ2v) is 4.60. The summed E-state index contributed by atoms with van der Waals surface area (Å²) < 4.78 is 5.14. The Bertz CT molecular complexity index is 617. The summed E-state index contributed by atoms with van der Waals surface area (Å²) in [4.78, 5) is 15.7. The molecule has 0 aliphatic carbocycles. The lowest BCUT2D eigenvalue weighted by Crippen LogP contribution is -2.06. The van der Waals surface area contributed by atoms with Crippen LogP contribution in [0.3, 0.4) is 0 Å². The largest absolute Gasteiger partial charge is 0.457 e. The van der Waals surface area contributed by atoms with Gasteiger partial charge in [-0.1, -0.05) is 23.2 Å². The van der Waals surface area contributed by atoms with Crippen LogP contribution in [0.5, 0.6) is 0 Å². The zero-order valence-electron chi connectivity index (χ0n) is 9.77. The highest BCUT2D eigenvalue weighted by molar-refractivity contribution is 6.33. The van der Waals surface area contributed by atoms with Gasteiger partial charge in [-0.15, -0.1) is 0 Å². The maximum atomic E-state index is 11.8. The molecule has 2 N–H and O–H groups in total. The third-order valence-electron chi connectivity index (χ3n) is 2.37. The highest BCUT2D eigenvalue weighted by atomic mass is 35.5. The Hall–Kier alpha value is -1.78. The molecular formula is C13H10Cl2N2O2. The van der Waals surface area contributed by atoms with Crippen molar-refractivity contribution in [3.05, 3.63) is 57.8 Å². The maximum absolute atomic E-state index is 11.8. The van der Waals surface area contributed by atoms with Crippen LogP contribution in [0, 0.1) is 0 Å². The van der Waals surface area contributed by atoms with E-state index in [4.69, 9.17) is 33.7 Å². The summed E-state index contributed by atoms with van der Waals surface area (Å²) in [6.45, 7) is 0.0990. The van der Waals surface area contributed by atoms with E-state index < -0.39 is 5.97 Å². The fourth-order valence-corrected chi connectivity index (χ4v) is 1.92. The Labute approximate surface area is 120 Å². The maximum Gasteiger partial charge on any atom is 0.339 e. The number of rotatable bonds is 3. The van der Waals surface area contributed by atoms with Gasteiger partial charge in [-0.05, 0) is 35.9 Å². The van der Waals surface area contributed by atoms with Gasteiger partial charge in [-0.3, -0.25) is 0 Å². The summed E-state index contributed by atoms with van der Waals surface area (Å²) in [7, 11) is 0. The molecule has 1 aromatic carbocycles. The Morgan fingerprint density at radius 2 is 2.05 bits per heavy atom. The molecule has 0 aliphatic heterocycles. The van der Waals surface area contributed by atoms with Crippen LogP contribution < -0.4 is 5.73 Å². The number of nitrogens with zero attached hydrogens (tertiary/aromatic N) is 1. The lowest BCUT2D eigenvalue weighted by molar-refractivity contribution is 0.0473. The van der Waals surface area contributed by atoms with Crippen molar-refractivity contribution in [2.75, 3.05) is 5.73 Å². The predicted molar refractivity (Wildman–Crippen MR) is 74.2 cm³/mol. The van der Waals surface area contributed by atoms with Crippen LogP contribution in [0.2, 0.25) is 10.2 Å². The number of carbonyl (C=O) groups excluding carboxylic acids is 1. The van der Waals surface area contributed by atoms with E-state index in [1.807, 2.05) is 0 Å². The molecule has 6 heteroatoms. The number of anilines is 1. The fraction of sp³-hybridized carbons (Fsp3) is 0.0769. The van der Waals surface area contributed by atoms with Crippen LogP contribution in [0.4, 0.5) is 5.69 Å². The molecule has 19 heavy (non-hydrogen) atoms. The molecule has 0 saturated carbocycles. The molecule has 0 atom stereocenters. The number of hydrogen-bond acceptors (Lipinski definition) is 4. The molecule has 2 aromatic rings. The molecule has 0 saturated heterocycles. The number of nitrogen functional groups attached to an aromatic ring is 1. The van der Waals surface area contributed by atoms with Crippen LogP contribution in [0.1, 0.15) is 15.9 Å². The molecule has 2 rings (SSSR count). The van der Waals surface area contributed by atoms with E-state index in [2.05, 4.69) is 4.98 Å². The van der Waals surface area contributed by atoms with Gasteiger partial charge < -0.3 is 10.5 Å². The van der Waals surface area contributed by atoms with E-state index in [1.54, 1.807) is 24.4 Å². The number of ether oxygens (including phenoxy) is 1. The van der Waals surface area contributed by atoms with Crippen molar-refractivity contribution in [3.63, 3.8) is 0 Å². The number of esters is 1. The molecule has 0 fully saturated rings. The molecular weight excluding hydrogens is 287 g/mol. The second kappa shape index (κ2) is 5.91. The topological polar surface area (TPSA) is 65.2 Å². The molecule has 98 valence electrons. The quantitative estimate of drug-likeness (QED) is 0.536. The van der Waals surface area contributed by atoms with E-state index in [0.717, 1.165) is 5.56 Å². The minimum atomic E-state index is -0.516. The molecule has 0 amide bonds. The predicted octanol–water partition coefficient (Wildman–Crippen LogP) is 3.33. The Kier molecular flexibility index (Phi) is 4.24. The third-order valence-corrected chi connectivity index (χ3v) is 2.89. The number of halogens is 2. The molecule has 1 heterocycles. The van der Waals surface area contributed by atoms with Crippen LogP contribution in [0.25, 0.3) is 0 Å². The molecule has 0 unspecified atom stereocenters. The van der Waals surface area contributed by atoms with Crippen molar-refractivity contribution in [3.8, 4) is 0 Å². The Balaban J connectivity index is 2.05. The van der Waals surface area contributed by atoms with E-state index in [1.165, 1.54) is 12.1 Å². The smallest absolute Gasteiger partial charge is 0.339 e. The molecule has 4 nitrogen and oxygen atoms in total. The first-order chi connectivity index (χ1) is 9.06. The van der Waals surface area contributed by atoms with Crippen molar-refractivity contribution in [2.45, 2.75) is 6.61 Å². The van der Waals surface area contributed by atoms with Crippen molar-refractivity contribution < 1.29 is 9.53 Å². The number of carbonyl (C=O) groups is 1. The van der Waals surface area contributed by atoms with Gasteiger partial charge in [0.2, 0.25) is 0 Å². The lowest BCUT2D eigenvalue weighted by atomic mass is 10.2. The van der Waals surface area contributed by atoms with E-state index in [9.17, 15) is 4.79 Å². The summed E-state index contributed by atoms with van der Waals surface area (Å²) in [5.41, 5.74) is 7.06. The molecule has 0 bridgehead atoms. The number of pyridine rings is 1. The van der Waals surface area contributed by atoms with Gasteiger partial charge in [0.1, 0.15) is 11.8 Å². The Morgan fingerprint density at radius 1 is 1.26 bits per heavy atom. The average Bonchev–Trinajstić information content (AvgIpc) is 2.36. The monoisotopic (exact) mass is 296 g/mol. The minimum absolute atomic E-state index is 0.0990. The molecule has 0 aliphatic rings. The van der Waals surface area contributed by atoms with E-state index in [-0.39, 0.29) is 17.2 Å². The first-order valence-electron chi connectivity index (χ1n) is 5.39. The van der Waals surface area contributed by atoms with Gasteiger partial charge in [-0.2, -0.15) is 0 Å². The lowest BCUT2D eigenvalue weighted by Gasteiger charge is -2.07. The first kappa shape index (κ1) is 13.6. The van der Waals surface area contributed by atoms with Crippen LogP contribution >= 0.6 is 23.2 Å². The highest BCUT2D eigenvalue weighted by Gasteiger charge is 2.12. The highest BCUT2D eigenvalue weighted by Crippen LogP contribution is 2.20. The van der Waals surface area contributed by atoms with Crippen molar-refractivity contribution in [2.24, 2.45) is 0 Å². The van der Waals surface area contributed by atoms with Gasteiger partial charge in [0.25, 0.3) is 0 Å². The van der Waals surface area contributed by atoms with Gasteiger partial charge in [0, 0.05) is 11.9 Å². The number of benzene rings is 1. The van der Waals surface area contributed by atoms with Crippen molar-refractivity contribution in [1.82, 2.24) is 4.98 Å². The van der Waals surface area contributed by atoms with Crippen LogP contribution in [-0.2, 0) is 11.3 Å². The first-order valence-corrected chi connectivity index (χ1v) is 6.14. The summed E-state index contributed by atoms with van der Waals surface area (Å²) >= 11 is 11.7. The normalized spacial score (nSPS) is 10.2. The van der Waals surface area contributed by atoms with Gasteiger partial charge in [0.05, 0.1) is 10.6 Å². The SMILES string of the molecule is Nc1ccc(C(=O)OCc2ccnc(Cl)c2)c(Cl)c1. The van der Waals surface area contributed by atoms with Crippen LogP contribution in [-0.4, -0.2) is 11.0 Å².